The molecule has 0 spiro atoms. The van der Waals surface area contributed by atoms with Crippen molar-refractivity contribution in [1.82, 2.24) is 0 Å². The van der Waals surface area contributed by atoms with Gasteiger partial charge < -0.3 is 35.3 Å². The van der Waals surface area contributed by atoms with Crippen molar-refractivity contribution >= 4 is 15.4 Å². The molecule has 6 heteroatoms. The smallest absolute Gasteiger partial charge is 1.00 e. The quantitative estimate of drug-likeness (QED) is 0.519. The number of amides is 1. The molecule has 1 rings (SSSR count). The number of nitrogens with one attached hydrogen (secondary N) is 1. The van der Waals surface area contributed by atoms with E-state index in [2.05, 4.69) is 32.2 Å². The van der Waals surface area contributed by atoms with Crippen molar-refractivity contribution in [2.45, 2.75) is 39.8 Å². The molecule has 0 bridgehead atoms. The first-order valence-corrected chi connectivity index (χ1v) is 7.68. The Bertz CT molecular complexity index is 283. The monoisotopic (exact) mass is 341 g/mol. The molecule has 0 aliphatic heterocycles. The molecule has 1 N–H and O–H groups in total. The first-order chi connectivity index (χ1) is 7.02. The van der Waals surface area contributed by atoms with E-state index in [-0.39, 0.29) is 52.4 Å². The van der Waals surface area contributed by atoms with Crippen LogP contribution in [0.25, 0.3) is 5.73 Å². The predicted molar refractivity (Wildman–Crippen MR) is 68.4 cm³/mol. The number of hydrogen-bond donors (Lipinski definition) is 0. The van der Waals surface area contributed by atoms with Crippen LogP contribution in [0.5, 0.6) is 0 Å². The molecule has 0 saturated carbocycles. The number of carbonyl (C=O) groups is 1. The van der Waals surface area contributed by atoms with Crippen LogP contribution in [0, 0.1) is 5.92 Å². The molecule has 0 heterocycles. The summed E-state index contributed by atoms with van der Waals surface area (Å²) in [6.45, 7) is 8.49. The van der Waals surface area contributed by atoms with Crippen LogP contribution in [0.3, 0.4) is 0 Å². The Morgan fingerprint density at radius 2 is 1.89 bits per heavy atom. The molecular formula is C12H21Cl2NOSiTi. The van der Waals surface area contributed by atoms with Gasteiger partial charge >= 0.3 is 21.7 Å². The number of hydrogen-bond acceptors (Lipinski definition) is 1. The Hall–Kier alpha value is 0.461. The molecule has 0 fully saturated rings. The van der Waals surface area contributed by atoms with Crippen molar-refractivity contribution in [3.05, 3.63) is 29.0 Å². The molecule has 1 amide bonds. The van der Waals surface area contributed by atoms with Crippen LogP contribution in [-0.2, 0) is 26.5 Å². The Kier molecular flexibility index (Phi) is 23.2. The summed E-state index contributed by atoms with van der Waals surface area (Å²) in [6, 6.07) is 0. The zero-order valence-corrected chi connectivity index (χ0v) is 15.6. The van der Waals surface area contributed by atoms with E-state index in [9.17, 15) is 4.79 Å². The number of halogens is 2. The molecular weight excluding hydrogens is 321 g/mol. The number of carbonyl (C=O) groups excluding carboxylic acids is 1. The van der Waals surface area contributed by atoms with E-state index in [0.29, 0.717) is 6.42 Å². The standard InChI is InChI=1S/C10H15NO.C2H7Si.2ClH.Ti/c1-7-4-3-5-9(7)8(2)6-10(11)12;1-3-2;;;/h3-4,8H,5-6H2,1-2H3,(H2,11,12);3H,1-2H3;2*1H;/q;;;;+3/p-3. The van der Waals surface area contributed by atoms with Crippen molar-refractivity contribution in [3.63, 3.8) is 0 Å². The zero-order chi connectivity index (χ0) is 11.8. The minimum Gasteiger partial charge on any atom is -1.00 e. The van der Waals surface area contributed by atoms with Crippen LogP contribution >= 0.6 is 0 Å². The summed E-state index contributed by atoms with van der Waals surface area (Å²) >= 11 is 0. The van der Waals surface area contributed by atoms with Gasteiger partial charge in [-0.05, 0) is 25.7 Å². The second kappa shape index (κ2) is 15.5. The van der Waals surface area contributed by atoms with Crippen LogP contribution in [0.2, 0.25) is 13.1 Å². The molecule has 1 aliphatic carbocycles. The summed E-state index contributed by atoms with van der Waals surface area (Å²) in [5.41, 5.74) is 9.44. The van der Waals surface area contributed by atoms with Crippen LogP contribution in [0.15, 0.2) is 23.3 Å². The third kappa shape index (κ3) is 11.5. The van der Waals surface area contributed by atoms with E-state index in [0.717, 1.165) is 15.9 Å². The fraction of sp³-hybridized carbons (Fsp3) is 0.583. The predicted octanol–water partition coefficient (Wildman–Crippen LogP) is -2.61. The largest absolute Gasteiger partial charge is 3.00 e. The van der Waals surface area contributed by atoms with Gasteiger partial charge in [0, 0.05) is 15.4 Å². The van der Waals surface area contributed by atoms with Gasteiger partial charge in [-0.2, -0.15) is 0 Å². The van der Waals surface area contributed by atoms with Gasteiger partial charge in [0.1, 0.15) is 0 Å². The van der Waals surface area contributed by atoms with Gasteiger partial charge in [-0.15, -0.1) is 0 Å². The van der Waals surface area contributed by atoms with Crippen molar-refractivity contribution in [1.29, 1.82) is 0 Å². The molecule has 1 aliphatic rings. The minimum absolute atomic E-state index is 0. The second-order valence-electron chi connectivity index (χ2n) is 3.92. The van der Waals surface area contributed by atoms with Crippen molar-refractivity contribution in [2.24, 2.45) is 5.92 Å². The SMILES string of the molecule is CC1=C(C(C)CC([NH-])=O)CC=C1.C[SiH]C.[Cl-].[Cl-].[Ti+3]. The van der Waals surface area contributed by atoms with Crippen LogP contribution in [-0.4, -0.2) is 15.4 Å². The van der Waals surface area contributed by atoms with Crippen LogP contribution in [0.4, 0.5) is 0 Å². The van der Waals surface area contributed by atoms with E-state index in [1.807, 2.05) is 6.92 Å². The maximum Gasteiger partial charge on any atom is 3.00 e. The first-order valence-electron chi connectivity index (χ1n) is 5.37. The minimum atomic E-state index is -0.463. The van der Waals surface area contributed by atoms with Gasteiger partial charge in [0.25, 0.3) is 0 Å². The Morgan fingerprint density at radius 1 is 1.44 bits per heavy atom. The molecule has 0 saturated heterocycles. The maximum atomic E-state index is 10.5. The molecule has 2 nitrogen and oxygen atoms in total. The summed E-state index contributed by atoms with van der Waals surface area (Å²) in [5.74, 6) is -0.222. The van der Waals surface area contributed by atoms with Gasteiger partial charge in [0.15, 0.2) is 0 Å². The molecule has 1 atom stereocenters. The summed E-state index contributed by atoms with van der Waals surface area (Å²) < 4.78 is 0. The van der Waals surface area contributed by atoms with E-state index in [1.54, 1.807) is 0 Å². The second-order valence-corrected chi connectivity index (χ2v) is 5.08. The average Bonchev–Trinajstić information content (AvgIpc) is 2.51. The van der Waals surface area contributed by atoms with E-state index >= 15 is 0 Å². The van der Waals surface area contributed by atoms with Gasteiger partial charge in [-0.3, -0.25) is 0 Å². The molecule has 0 aromatic heterocycles. The maximum absolute atomic E-state index is 10.5. The summed E-state index contributed by atoms with van der Waals surface area (Å²) in [5, 5.41) is 0. The Balaban J connectivity index is -0.000000149. The average molecular weight is 342 g/mol. The molecule has 1 unspecified atom stereocenters. The fourth-order valence-corrected chi connectivity index (χ4v) is 1.62. The summed E-state index contributed by atoms with van der Waals surface area (Å²) in [6.07, 6.45) is 5.50. The van der Waals surface area contributed by atoms with Crippen molar-refractivity contribution in [2.75, 3.05) is 0 Å². The van der Waals surface area contributed by atoms with Gasteiger partial charge in [-0.1, -0.05) is 43.3 Å². The Morgan fingerprint density at radius 3 is 2.17 bits per heavy atom. The third-order valence-corrected chi connectivity index (χ3v) is 2.30. The van der Waals surface area contributed by atoms with E-state index in [1.165, 1.54) is 11.1 Å². The van der Waals surface area contributed by atoms with Crippen molar-refractivity contribution < 1.29 is 51.3 Å². The molecule has 0 aromatic carbocycles. The Labute approximate surface area is 141 Å². The molecule has 18 heavy (non-hydrogen) atoms. The van der Waals surface area contributed by atoms with E-state index in [4.69, 9.17) is 5.73 Å². The third-order valence-electron chi connectivity index (χ3n) is 2.30. The van der Waals surface area contributed by atoms with E-state index < -0.39 is 5.91 Å². The van der Waals surface area contributed by atoms with Gasteiger partial charge in [0.05, 0.1) is 0 Å². The van der Waals surface area contributed by atoms with Crippen LogP contribution in [0.1, 0.15) is 26.7 Å². The topological polar surface area (TPSA) is 40.9 Å². The zero-order valence-electron chi connectivity index (χ0n) is 11.4. The molecule has 102 valence electrons. The summed E-state index contributed by atoms with van der Waals surface area (Å²) in [7, 11) is 0.750. The van der Waals surface area contributed by atoms with Gasteiger partial charge in [-0.25, -0.2) is 0 Å². The first kappa shape index (κ1) is 26.9. The normalized spacial score (nSPS) is 13.3. The molecule has 0 aromatic rings. The van der Waals surface area contributed by atoms with Crippen LogP contribution < -0.4 is 24.8 Å². The van der Waals surface area contributed by atoms with Gasteiger partial charge in [0.2, 0.25) is 0 Å². The van der Waals surface area contributed by atoms with Crippen molar-refractivity contribution in [3.8, 4) is 0 Å². The number of allylic oxidation sites excluding steroid dienone is 4. The molecule has 2 radical (unpaired) electrons. The summed E-state index contributed by atoms with van der Waals surface area (Å²) in [4.78, 5) is 10.5. The fourth-order valence-electron chi connectivity index (χ4n) is 1.62. The number of rotatable bonds is 3.